The third kappa shape index (κ3) is 10.4. The molecule has 0 amide bonds. The van der Waals surface area contributed by atoms with Gasteiger partial charge in [0.2, 0.25) is 0 Å². The van der Waals surface area contributed by atoms with Crippen molar-refractivity contribution in [1.29, 1.82) is 0 Å². The van der Waals surface area contributed by atoms with Crippen LogP contribution in [-0.2, 0) is 17.0 Å². The van der Waals surface area contributed by atoms with Crippen molar-refractivity contribution in [2.24, 2.45) is 0 Å². The summed E-state index contributed by atoms with van der Waals surface area (Å²) >= 11 is 0. The summed E-state index contributed by atoms with van der Waals surface area (Å²) < 4.78 is 31.6. The average molecular weight is 338 g/mol. The Morgan fingerprint density at radius 2 is 1.77 bits per heavy atom. The molecule has 9 nitrogen and oxygen atoms in total. The minimum absolute atomic E-state index is 0.0627. The van der Waals surface area contributed by atoms with Gasteiger partial charge < -0.3 is 20.6 Å². The van der Waals surface area contributed by atoms with Crippen molar-refractivity contribution in [3.63, 3.8) is 0 Å². The zero-order valence-corrected chi connectivity index (χ0v) is 13.4. The number of aromatic nitrogens is 1. The van der Waals surface area contributed by atoms with Crippen LogP contribution in [0.3, 0.4) is 0 Å². The van der Waals surface area contributed by atoms with E-state index in [1.807, 2.05) is 20.8 Å². The highest BCUT2D eigenvalue weighted by Crippen LogP contribution is 2.18. The molecule has 6 N–H and O–H groups in total. The number of rotatable bonds is 4. The first-order valence-corrected chi connectivity index (χ1v) is 7.66. The predicted molar refractivity (Wildman–Crippen MR) is 78.7 cm³/mol. The van der Waals surface area contributed by atoms with E-state index in [-0.39, 0.29) is 23.6 Å². The van der Waals surface area contributed by atoms with Gasteiger partial charge in [0.25, 0.3) is 0 Å². The Morgan fingerprint density at radius 3 is 2.18 bits per heavy atom. The van der Waals surface area contributed by atoms with Crippen LogP contribution in [0.2, 0.25) is 0 Å². The van der Waals surface area contributed by atoms with Gasteiger partial charge in [0.15, 0.2) is 0 Å². The molecule has 1 aromatic heterocycles. The first-order valence-electron chi connectivity index (χ1n) is 6.26. The molecule has 0 aliphatic carbocycles. The summed E-state index contributed by atoms with van der Waals surface area (Å²) in [6.45, 7) is 6.03. The number of aliphatic hydroxyl groups excluding tert-OH is 2. The van der Waals surface area contributed by atoms with E-state index in [2.05, 4.69) is 10.3 Å². The van der Waals surface area contributed by atoms with Gasteiger partial charge in [-0.25, -0.2) is 4.98 Å². The molecular formula is C12H22N2O7S. The fraction of sp³-hybridized carbons (Fsp3) is 0.583. The third-order valence-electron chi connectivity index (χ3n) is 2.29. The lowest BCUT2D eigenvalue weighted by atomic mass is 10.1. The number of aromatic hydroxyl groups is 1. The van der Waals surface area contributed by atoms with Crippen LogP contribution in [0.4, 0.5) is 0 Å². The fourth-order valence-corrected chi connectivity index (χ4v) is 1.32. The minimum Gasteiger partial charge on any atom is -0.506 e. The fourth-order valence-electron chi connectivity index (χ4n) is 1.32. The van der Waals surface area contributed by atoms with Gasteiger partial charge in [-0.05, 0) is 32.9 Å². The monoisotopic (exact) mass is 338 g/mol. The maximum absolute atomic E-state index is 9.91. The topological polar surface area (TPSA) is 160 Å². The Bertz CT molecular complexity index is 561. The molecule has 1 atom stereocenters. The van der Waals surface area contributed by atoms with Crippen LogP contribution < -0.4 is 5.32 Å². The molecule has 1 rings (SSSR count). The molecule has 0 saturated heterocycles. The molecule has 1 aromatic rings. The van der Waals surface area contributed by atoms with Gasteiger partial charge in [-0.15, -0.1) is 0 Å². The highest BCUT2D eigenvalue weighted by atomic mass is 32.3. The van der Waals surface area contributed by atoms with E-state index in [1.54, 1.807) is 6.07 Å². The van der Waals surface area contributed by atoms with Crippen LogP contribution in [0.5, 0.6) is 5.75 Å². The molecule has 1 heterocycles. The van der Waals surface area contributed by atoms with Crippen molar-refractivity contribution in [1.82, 2.24) is 10.3 Å². The largest absolute Gasteiger partial charge is 0.506 e. The molecule has 10 heteroatoms. The van der Waals surface area contributed by atoms with Gasteiger partial charge in [-0.2, -0.15) is 8.42 Å². The Hall–Kier alpha value is -1.30. The number of aliphatic hydroxyl groups is 2. The smallest absolute Gasteiger partial charge is 0.394 e. The zero-order valence-electron chi connectivity index (χ0n) is 12.6. The Labute approximate surface area is 129 Å². The summed E-state index contributed by atoms with van der Waals surface area (Å²) in [5.41, 5.74) is 0.526. The molecule has 1 unspecified atom stereocenters. The first kappa shape index (κ1) is 20.7. The van der Waals surface area contributed by atoms with Gasteiger partial charge in [0.1, 0.15) is 17.5 Å². The summed E-state index contributed by atoms with van der Waals surface area (Å²) in [7, 11) is -4.67. The molecule has 0 bridgehead atoms. The van der Waals surface area contributed by atoms with E-state index < -0.39 is 16.5 Å². The van der Waals surface area contributed by atoms with Crippen molar-refractivity contribution < 1.29 is 32.8 Å². The molecule has 0 fully saturated rings. The van der Waals surface area contributed by atoms with E-state index in [4.69, 9.17) is 22.6 Å². The maximum Gasteiger partial charge on any atom is 0.394 e. The van der Waals surface area contributed by atoms with Gasteiger partial charge in [0.05, 0.1) is 12.3 Å². The first-order chi connectivity index (χ1) is 9.83. The second-order valence-corrected chi connectivity index (χ2v) is 6.35. The van der Waals surface area contributed by atoms with Crippen molar-refractivity contribution in [3.05, 3.63) is 23.5 Å². The number of nitrogens with zero attached hydrogens (tertiary/aromatic N) is 1. The molecule has 0 radical (unpaired) electrons. The normalized spacial score (nSPS) is 13.2. The molecule has 0 aliphatic heterocycles. The Morgan fingerprint density at radius 1 is 1.27 bits per heavy atom. The lowest BCUT2D eigenvalue weighted by Crippen LogP contribution is -2.38. The molecule has 0 saturated carbocycles. The van der Waals surface area contributed by atoms with Crippen LogP contribution >= 0.6 is 0 Å². The van der Waals surface area contributed by atoms with Crippen molar-refractivity contribution in [2.75, 3.05) is 6.54 Å². The SMILES string of the molecule is CC(C)(C)NCC(O)c1ccc(O)c(CO)n1.O=S(=O)(O)O. The van der Waals surface area contributed by atoms with E-state index >= 15 is 0 Å². The molecule has 0 aromatic carbocycles. The van der Waals surface area contributed by atoms with Crippen LogP contribution in [-0.4, -0.2) is 49.9 Å². The maximum atomic E-state index is 9.91. The summed E-state index contributed by atoms with van der Waals surface area (Å²) in [4.78, 5) is 4.00. The second kappa shape index (κ2) is 8.36. The summed E-state index contributed by atoms with van der Waals surface area (Å²) in [6.07, 6.45) is -0.764. The molecule has 22 heavy (non-hydrogen) atoms. The van der Waals surface area contributed by atoms with Crippen LogP contribution in [0, 0.1) is 0 Å². The highest BCUT2D eigenvalue weighted by molar-refractivity contribution is 7.79. The summed E-state index contributed by atoms with van der Waals surface area (Å²) in [5.74, 6) is -0.0627. The van der Waals surface area contributed by atoms with Crippen molar-refractivity contribution in [3.8, 4) is 5.75 Å². The van der Waals surface area contributed by atoms with Crippen molar-refractivity contribution in [2.45, 2.75) is 39.0 Å². The van der Waals surface area contributed by atoms with E-state index in [0.29, 0.717) is 12.2 Å². The van der Waals surface area contributed by atoms with Gasteiger partial charge >= 0.3 is 10.4 Å². The number of β-amino-alcohol motifs (C(OH)–C–C–N with tert-alkyl or cyclic N) is 1. The van der Waals surface area contributed by atoms with Gasteiger partial charge in [0, 0.05) is 12.1 Å². The van der Waals surface area contributed by atoms with Crippen molar-refractivity contribution >= 4 is 10.4 Å². The zero-order chi connectivity index (χ0) is 17.6. The van der Waals surface area contributed by atoms with Crippen LogP contribution in [0.25, 0.3) is 0 Å². The third-order valence-corrected chi connectivity index (χ3v) is 2.29. The number of pyridine rings is 1. The van der Waals surface area contributed by atoms with Crippen LogP contribution in [0.15, 0.2) is 12.1 Å². The Kier molecular flexibility index (Phi) is 7.87. The molecular weight excluding hydrogens is 316 g/mol. The quantitative estimate of drug-likeness (QED) is 0.417. The van der Waals surface area contributed by atoms with E-state index in [9.17, 15) is 10.2 Å². The lowest BCUT2D eigenvalue weighted by Gasteiger charge is -2.22. The van der Waals surface area contributed by atoms with Crippen LogP contribution in [0.1, 0.15) is 38.3 Å². The van der Waals surface area contributed by atoms with Gasteiger partial charge in [-0.1, -0.05) is 0 Å². The molecule has 128 valence electrons. The van der Waals surface area contributed by atoms with E-state index in [1.165, 1.54) is 6.07 Å². The highest BCUT2D eigenvalue weighted by Gasteiger charge is 2.15. The molecule has 0 spiro atoms. The minimum atomic E-state index is -4.67. The standard InChI is InChI=1S/C12H20N2O3.H2O4S/c1-12(2,3)13-6-11(17)8-4-5-10(16)9(7-15)14-8;1-5(2,3)4/h4-5,11,13,15-17H,6-7H2,1-3H3;(H2,1,2,3,4). The average Bonchev–Trinajstić information content (AvgIpc) is 2.33. The number of hydrogen-bond acceptors (Lipinski definition) is 7. The molecule has 0 aliphatic rings. The summed E-state index contributed by atoms with van der Waals surface area (Å²) in [6, 6.07) is 2.97. The van der Waals surface area contributed by atoms with E-state index in [0.717, 1.165) is 0 Å². The number of nitrogens with one attached hydrogen (secondary N) is 1. The number of hydrogen-bond donors (Lipinski definition) is 6. The van der Waals surface area contributed by atoms with Gasteiger partial charge in [-0.3, -0.25) is 9.11 Å². The second-order valence-electron chi connectivity index (χ2n) is 5.45. The summed E-state index contributed by atoms with van der Waals surface area (Å²) in [5, 5.41) is 31.4. The predicted octanol–water partition coefficient (Wildman–Crippen LogP) is 0.0482. The lowest BCUT2D eigenvalue weighted by molar-refractivity contribution is 0.158. The Balaban J connectivity index is 0.000000763.